The van der Waals surface area contributed by atoms with E-state index in [1.54, 1.807) is 35.3 Å². The first-order chi connectivity index (χ1) is 16.0. The Morgan fingerprint density at radius 3 is 2.39 bits per heavy atom. The van der Waals surface area contributed by atoms with Crippen LogP contribution in [0, 0.1) is 6.92 Å². The van der Waals surface area contributed by atoms with E-state index >= 15 is 0 Å². The first-order valence-electron chi connectivity index (χ1n) is 10.8. The summed E-state index contributed by atoms with van der Waals surface area (Å²) in [5.41, 5.74) is 5.20. The number of anilines is 1. The van der Waals surface area contributed by atoms with Gasteiger partial charge in [0.2, 0.25) is 5.91 Å². The van der Waals surface area contributed by atoms with Crippen LogP contribution in [0.15, 0.2) is 79.3 Å². The quantitative estimate of drug-likeness (QED) is 0.391. The molecule has 33 heavy (non-hydrogen) atoms. The van der Waals surface area contributed by atoms with Crippen LogP contribution in [0.2, 0.25) is 5.02 Å². The molecule has 0 aliphatic carbocycles. The van der Waals surface area contributed by atoms with Gasteiger partial charge >= 0.3 is 0 Å². The van der Waals surface area contributed by atoms with Crippen LogP contribution in [0.1, 0.15) is 22.7 Å². The normalized spacial score (nSPS) is 11.8. The minimum absolute atomic E-state index is 0.178. The molecule has 6 nitrogen and oxygen atoms in total. The first-order valence-corrected chi connectivity index (χ1v) is 11.2. The molecular weight excluding hydrogens is 434 g/mol. The molecule has 0 aliphatic rings. The summed E-state index contributed by atoms with van der Waals surface area (Å²) in [5.74, 6) is 0.315. The van der Waals surface area contributed by atoms with Crippen LogP contribution in [0.4, 0.5) is 5.82 Å². The molecule has 4 rings (SSSR count). The van der Waals surface area contributed by atoms with Crippen LogP contribution < -0.4 is 10.6 Å². The third-order valence-corrected chi connectivity index (χ3v) is 5.65. The molecule has 0 saturated carbocycles. The molecule has 7 heteroatoms. The van der Waals surface area contributed by atoms with Crippen molar-refractivity contribution in [1.82, 2.24) is 20.1 Å². The molecule has 168 valence electrons. The molecule has 0 aliphatic heterocycles. The number of aryl methyl sites for hydroxylation is 2. The lowest BCUT2D eigenvalue weighted by molar-refractivity contribution is -0.118. The standard InChI is InChI=1S/C26H26ClN5O/c1-18-3-5-19(6-4-18)13-14-28-25(20-7-10-23(27)11-8-20)26(33)31-24-12-9-21(15-29-24)22-16-30-32(2)17-22/h3-12,15-17,25,28H,13-14H2,1-2H3,(H,29,31,33)/t25-/m1/s1. The zero-order valence-corrected chi connectivity index (χ0v) is 19.4. The van der Waals surface area contributed by atoms with Crippen molar-refractivity contribution in [3.8, 4) is 11.1 Å². The summed E-state index contributed by atoms with van der Waals surface area (Å²) in [5, 5.41) is 11.1. The van der Waals surface area contributed by atoms with Crippen LogP contribution in [-0.4, -0.2) is 27.2 Å². The van der Waals surface area contributed by atoms with Crippen LogP contribution >= 0.6 is 11.6 Å². The third-order valence-electron chi connectivity index (χ3n) is 5.40. The summed E-state index contributed by atoms with van der Waals surface area (Å²) in [6.07, 6.45) is 6.25. The van der Waals surface area contributed by atoms with E-state index in [0.717, 1.165) is 23.1 Å². The number of benzene rings is 2. The Labute approximate surface area is 198 Å². The Hall–Kier alpha value is -3.48. The van der Waals surface area contributed by atoms with Gasteiger partial charge in [0.05, 0.1) is 6.20 Å². The van der Waals surface area contributed by atoms with Crippen molar-refractivity contribution in [2.45, 2.75) is 19.4 Å². The molecule has 2 aromatic heterocycles. The highest BCUT2D eigenvalue weighted by molar-refractivity contribution is 6.30. The number of carbonyl (C=O) groups excluding carboxylic acids is 1. The second-order valence-corrected chi connectivity index (χ2v) is 8.43. The maximum Gasteiger partial charge on any atom is 0.247 e. The smallest absolute Gasteiger partial charge is 0.247 e. The number of pyridine rings is 1. The minimum atomic E-state index is -0.535. The highest BCUT2D eigenvalue weighted by Crippen LogP contribution is 2.21. The van der Waals surface area contributed by atoms with Crippen molar-refractivity contribution in [2.24, 2.45) is 7.05 Å². The van der Waals surface area contributed by atoms with Gasteiger partial charge in [0.25, 0.3) is 0 Å². The topological polar surface area (TPSA) is 71.8 Å². The maximum absolute atomic E-state index is 13.2. The van der Waals surface area contributed by atoms with Crippen molar-refractivity contribution in [2.75, 3.05) is 11.9 Å². The van der Waals surface area contributed by atoms with Gasteiger partial charge in [-0.05, 0) is 48.7 Å². The summed E-state index contributed by atoms with van der Waals surface area (Å²) < 4.78 is 1.74. The molecule has 0 radical (unpaired) electrons. The lowest BCUT2D eigenvalue weighted by Crippen LogP contribution is -2.34. The number of hydrogen-bond acceptors (Lipinski definition) is 4. The first kappa shape index (κ1) is 22.7. The Kier molecular flexibility index (Phi) is 7.17. The Balaban J connectivity index is 1.45. The monoisotopic (exact) mass is 459 g/mol. The van der Waals surface area contributed by atoms with E-state index in [2.05, 4.69) is 51.9 Å². The number of nitrogens with zero attached hydrogens (tertiary/aromatic N) is 3. The fraction of sp³-hybridized carbons (Fsp3) is 0.192. The van der Waals surface area contributed by atoms with Gasteiger partial charge in [-0.2, -0.15) is 5.10 Å². The van der Waals surface area contributed by atoms with Crippen molar-refractivity contribution in [1.29, 1.82) is 0 Å². The molecule has 2 heterocycles. The number of hydrogen-bond donors (Lipinski definition) is 2. The highest BCUT2D eigenvalue weighted by Gasteiger charge is 2.20. The summed E-state index contributed by atoms with van der Waals surface area (Å²) in [4.78, 5) is 17.6. The van der Waals surface area contributed by atoms with Crippen molar-refractivity contribution >= 4 is 23.3 Å². The lowest BCUT2D eigenvalue weighted by Gasteiger charge is -2.19. The van der Waals surface area contributed by atoms with Gasteiger partial charge in [-0.1, -0.05) is 53.6 Å². The minimum Gasteiger partial charge on any atom is -0.309 e. The molecule has 0 spiro atoms. The van der Waals surface area contributed by atoms with Gasteiger partial charge in [-0.3, -0.25) is 9.48 Å². The molecule has 0 saturated heterocycles. The zero-order valence-electron chi connectivity index (χ0n) is 18.6. The fourth-order valence-electron chi connectivity index (χ4n) is 3.54. The number of carbonyl (C=O) groups is 1. The second-order valence-electron chi connectivity index (χ2n) is 8.00. The van der Waals surface area contributed by atoms with Gasteiger partial charge < -0.3 is 10.6 Å². The largest absolute Gasteiger partial charge is 0.309 e. The predicted octanol–water partition coefficient (Wildman–Crippen LogP) is 4.96. The summed E-state index contributed by atoms with van der Waals surface area (Å²) in [7, 11) is 1.87. The number of rotatable bonds is 8. The van der Waals surface area contributed by atoms with Crippen molar-refractivity contribution in [3.63, 3.8) is 0 Å². The summed E-state index contributed by atoms with van der Waals surface area (Å²) in [6.45, 7) is 2.72. The second kappa shape index (κ2) is 10.4. The highest BCUT2D eigenvalue weighted by atomic mass is 35.5. The van der Waals surface area contributed by atoms with E-state index in [0.29, 0.717) is 17.4 Å². The molecule has 4 aromatic rings. The average Bonchev–Trinajstić information content (AvgIpc) is 3.25. The SMILES string of the molecule is Cc1ccc(CCN[C@@H](C(=O)Nc2ccc(-c3cnn(C)c3)cn2)c2ccc(Cl)cc2)cc1. The van der Waals surface area contributed by atoms with E-state index in [-0.39, 0.29) is 5.91 Å². The van der Waals surface area contributed by atoms with Gasteiger partial charge in [0.15, 0.2) is 0 Å². The Morgan fingerprint density at radius 1 is 1.00 bits per heavy atom. The van der Waals surface area contributed by atoms with E-state index < -0.39 is 6.04 Å². The van der Waals surface area contributed by atoms with Gasteiger partial charge in [0.1, 0.15) is 11.9 Å². The van der Waals surface area contributed by atoms with Crippen LogP contribution in [0.5, 0.6) is 0 Å². The molecule has 1 atom stereocenters. The summed E-state index contributed by atoms with van der Waals surface area (Å²) >= 11 is 6.05. The Morgan fingerprint density at radius 2 is 1.76 bits per heavy atom. The fourth-order valence-corrected chi connectivity index (χ4v) is 3.67. The van der Waals surface area contributed by atoms with Crippen LogP contribution in [-0.2, 0) is 18.3 Å². The molecule has 0 unspecified atom stereocenters. The lowest BCUT2D eigenvalue weighted by atomic mass is 10.0. The van der Waals surface area contributed by atoms with E-state index in [4.69, 9.17) is 11.6 Å². The molecule has 2 N–H and O–H groups in total. The van der Waals surface area contributed by atoms with Crippen LogP contribution in [0.3, 0.4) is 0 Å². The van der Waals surface area contributed by atoms with Gasteiger partial charge in [-0.15, -0.1) is 0 Å². The van der Waals surface area contributed by atoms with Gasteiger partial charge in [0, 0.05) is 42.1 Å². The van der Waals surface area contributed by atoms with Gasteiger partial charge in [-0.25, -0.2) is 4.98 Å². The Bertz CT molecular complexity index is 1200. The number of halogens is 1. The molecule has 1 amide bonds. The molecule has 0 bridgehead atoms. The van der Waals surface area contributed by atoms with Crippen LogP contribution in [0.25, 0.3) is 11.1 Å². The maximum atomic E-state index is 13.2. The number of nitrogens with one attached hydrogen (secondary N) is 2. The molecule has 0 fully saturated rings. The zero-order chi connectivity index (χ0) is 23.2. The predicted molar refractivity (Wildman–Crippen MR) is 132 cm³/mol. The molecule has 2 aromatic carbocycles. The number of amides is 1. The van der Waals surface area contributed by atoms with Crippen molar-refractivity contribution < 1.29 is 4.79 Å². The number of aromatic nitrogens is 3. The van der Waals surface area contributed by atoms with E-state index in [9.17, 15) is 4.79 Å². The third kappa shape index (κ3) is 6.06. The van der Waals surface area contributed by atoms with E-state index in [1.807, 2.05) is 31.4 Å². The van der Waals surface area contributed by atoms with E-state index in [1.165, 1.54) is 11.1 Å². The average molecular weight is 460 g/mol. The summed E-state index contributed by atoms with van der Waals surface area (Å²) in [6, 6.07) is 18.9. The molecular formula is C26H26ClN5O. The van der Waals surface area contributed by atoms with Crippen molar-refractivity contribution in [3.05, 3.63) is 101 Å².